The lowest BCUT2D eigenvalue weighted by Gasteiger charge is -2.24. The van der Waals surface area contributed by atoms with Crippen molar-refractivity contribution in [3.05, 3.63) is 34.3 Å². The van der Waals surface area contributed by atoms with Gasteiger partial charge in [-0.1, -0.05) is 15.9 Å². The number of carbonyl (C=O) groups excluding carboxylic acids is 4. The van der Waals surface area contributed by atoms with Gasteiger partial charge in [0, 0.05) is 42.5 Å². The third-order valence-corrected chi connectivity index (χ3v) is 5.45. The molecule has 1 aromatic carbocycles. The van der Waals surface area contributed by atoms with Gasteiger partial charge in [0.05, 0.1) is 0 Å². The van der Waals surface area contributed by atoms with Crippen LogP contribution in [0.2, 0.25) is 0 Å². The van der Waals surface area contributed by atoms with Crippen LogP contribution in [-0.4, -0.2) is 59.1 Å². The molecule has 27 heavy (non-hydrogen) atoms. The molecule has 1 aromatic rings. The van der Waals surface area contributed by atoms with Crippen LogP contribution in [0.25, 0.3) is 0 Å². The molecule has 8 heteroatoms. The summed E-state index contributed by atoms with van der Waals surface area (Å²) in [6.45, 7) is 1.25. The zero-order valence-electron chi connectivity index (χ0n) is 14.9. The van der Waals surface area contributed by atoms with Crippen LogP contribution in [0.1, 0.15) is 42.5 Å². The third-order valence-electron chi connectivity index (χ3n) is 4.92. The Labute approximate surface area is 166 Å². The number of carbonyl (C=O) groups is 4. The maximum atomic E-state index is 12.7. The topological polar surface area (TPSA) is 86.8 Å². The summed E-state index contributed by atoms with van der Waals surface area (Å²) in [5.41, 5.74) is 0.559. The zero-order chi connectivity index (χ0) is 19.4. The molecule has 2 heterocycles. The molecule has 0 saturated carbocycles. The minimum Gasteiger partial charge on any atom is -0.354 e. The van der Waals surface area contributed by atoms with E-state index in [2.05, 4.69) is 21.2 Å². The van der Waals surface area contributed by atoms with Crippen molar-refractivity contribution in [2.45, 2.75) is 38.1 Å². The second kappa shape index (κ2) is 8.65. The minimum atomic E-state index is -0.476. The van der Waals surface area contributed by atoms with E-state index in [0.717, 1.165) is 10.9 Å². The summed E-state index contributed by atoms with van der Waals surface area (Å²) in [5.74, 6) is -0.618. The summed E-state index contributed by atoms with van der Waals surface area (Å²) >= 11 is 3.35. The average molecular weight is 436 g/mol. The largest absolute Gasteiger partial charge is 0.354 e. The van der Waals surface area contributed by atoms with E-state index >= 15 is 0 Å². The van der Waals surface area contributed by atoms with Crippen molar-refractivity contribution < 1.29 is 19.2 Å². The lowest BCUT2D eigenvalue weighted by Crippen LogP contribution is -2.46. The number of nitrogens with zero attached hydrogens (tertiary/aromatic N) is 2. The smallest absolute Gasteiger partial charge is 0.254 e. The first-order valence-corrected chi connectivity index (χ1v) is 9.94. The highest BCUT2D eigenvalue weighted by Crippen LogP contribution is 2.21. The predicted molar refractivity (Wildman–Crippen MR) is 102 cm³/mol. The van der Waals surface area contributed by atoms with Crippen molar-refractivity contribution in [3.8, 4) is 0 Å². The van der Waals surface area contributed by atoms with Gasteiger partial charge < -0.3 is 10.2 Å². The van der Waals surface area contributed by atoms with Gasteiger partial charge in [0.1, 0.15) is 6.04 Å². The number of hydrogen-bond donors (Lipinski definition) is 1. The predicted octanol–water partition coefficient (Wildman–Crippen LogP) is 1.71. The zero-order valence-corrected chi connectivity index (χ0v) is 16.5. The molecule has 0 aliphatic carbocycles. The fourth-order valence-electron chi connectivity index (χ4n) is 3.48. The first-order valence-electron chi connectivity index (χ1n) is 9.15. The molecule has 0 radical (unpaired) electrons. The Morgan fingerprint density at radius 3 is 2.44 bits per heavy atom. The molecule has 0 spiro atoms. The summed E-state index contributed by atoms with van der Waals surface area (Å²) < 4.78 is 0.893. The van der Waals surface area contributed by atoms with Gasteiger partial charge in [-0.05, 0) is 43.5 Å². The Kier molecular flexibility index (Phi) is 6.26. The van der Waals surface area contributed by atoms with E-state index < -0.39 is 6.04 Å². The van der Waals surface area contributed by atoms with E-state index in [4.69, 9.17) is 0 Å². The van der Waals surface area contributed by atoms with E-state index in [-0.39, 0.29) is 36.5 Å². The maximum absolute atomic E-state index is 12.7. The number of hydrogen-bond acceptors (Lipinski definition) is 4. The van der Waals surface area contributed by atoms with Gasteiger partial charge >= 0.3 is 0 Å². The molecule has 0 aromatic heterocycles. The van der Waals surface area contributed by atoms with E-state index in [0.29, 0.717) is 38.0 Å². The van der Waals surface area contributed by atoms with Crippen LogP contribution in [0.5, 0.6) is 0 Å². The minimum absolute atomic E-state index is 0.145. The molecule has 2 aliphatic rings. The summed E-state index contributed by atoms with van der Waals surface area (Å²) in [5, 5.41) is 2.83. The van der Waals surface area contributed by atoms with Crippen LogP contribution >= 0.6 is 15.9 Å². The Hall–Kier alpha value is -2.22. The molecule has 1 unspecified atom stereocenters. The number of likely N-dealkylation sites (tertiary alicyclic amines) is 2. The number of imide groups is 1. The van der Waals surface area contributed by atoms with E-state index in [1.807, 2.05) is 0 Å². The SMILES string of the molecule is O=C(NCCCN1C(=O)CCC1=O)C1CCCN1C(=O)c1ccc(Br)cc1. The molecular formula is C19H22BrN3O4. The average Bonchev–Trinajstić information content (AvgIpc) is 3.26. The first kappa shape index (κ1) is 19.5. The lowest BCUT2D eigenvalue weighted by molar-refractivity contribution is -0.138. The van der Waals surface area contributed by atoms with Crippen LogP contribution in [0.15, 0.2) is 28.7 Å². The standard InChI is InChI=1S/C19H22BrN3O4/c20-14-6-4-13(5-7-14)19(27)22-11-1-3-15(22)18(26)21-10-2-12-23-16(24)8-9-17(23)25/h4-7,15H,1-3,8-12H2,(H,21,26). The lowest BCUT2D eigenvalue weighted by atomic mass is 10.1. The molecule has 144 valence electrons. The van der Waals surface area contributed by atoms with Crippen LogP contribution in [0.3, 0.4) is 0 Å². The van der Waals surface area contributed by atoms with Gasteiger partial charge in [-0.2, -0.15) is 0 Å². The molecule has 1 atom stereocenters. The van der Waals surface area contributed by atoms with Crippen LogP contribution in [0, 0.1) is 0 Å². The van der Waals surface area contributed by atoms with E-state index in [1.54, 1.807) is 29.2 Å². The van der Waals surface area contributed by atoms with Gasteiger partial charge in [-0.25, -0.2) is 0 Å². The summed E-state index contributed by atoms with van der Waals surface area (Å²) in [6.07, 6.45) is 2.49. The van der Waals surface area contributed by atoms with Crippen molar-refractivity contribution in [3.63, 3.8) is 0 Å². The van der Waals surface area contributed by atoms with Crippen molar-refractivity contribution in [2.24, 2.45) is 0 Å². The van der Waals surface area contributed by atoms with Gasteiger partial charge in [0.15, 0.2) is 0 Å². The highest BCUT2D eigenvalue weighted by Gasteiger charge is 2.34. The van der Waals surface area contributed by atoms with Crippen LogP contribution in [-0.2, 0) is 14.4 Å². The fourth-order valence-corrected chi connectivity index (χ4v) is 3.74. The number of benzene rings is 1. The Morgan fingerprint density at radius 2 is 1.78 bits per heavy atom. The van der Waals surface area contributed by atoms with Crippen molar-refractivity contribution in [1.82, 2.24) is 15.1 Å². The van der Waals surface area contributed by atoms with E-state index in [1.165, 1.54) is 4.90 Å². The second-order valence-corrected chi connectivity index (χ2v) is 7.66. The quantitative estimate of drug-likeness (QED) is 0.544. The highest BCUT2D eigenvalue weighted by molar-refractivity contribution is 9.10. The Balaban J connectivity index is 1.50. The van der Waals surface area contributed by atoms with Crippen molar-refractivity contribution in [2.75, 3.05) is 19.6 Å². The van der Waals surface area contributed by atoms with Crippen LogP contribution in [0.4, 0.5) is 0 Å². The normalized spacial score (nSPS) is 19.7. The summed E-state index contributed by atoms with van der Waals surface area (Å²) in [7, 11) is 0. The Morgan fingerprint density at radius 1 is 1.11 bits per heavy atom. The van der Waals surface area contributed by atoms with Gasteiger partial charge in [0.2, 0.25) is 17.7 Å². The molecule has 1 N–H and O–H groups in total. The molecule has 2 fully saturated rings. The monoisotopic (exact) mass is 435 g/mol. The molecule has 0 bridgehead atoms. The first-order chi connectivity index (χ1) is 13.0. The van der Waals surface area contributed by atoms with Gasteiger partial charge in [-0.3, -0.25) is 24.1 Å². The van der Waals surface area contributed by atoms with Crippen LogP contribution < -0.4 is 5.32 Å². The van der Waals surface area contributed by atoms with Gasteiger partial charge in [-0.15, -0.1) is 0 Å². The van der Waals surface area contributed by atoms with Gasteiger partial charge in [0.25, 0.3) is 5.91 Å². The third kappa shape index (κ3) is 4.55. The number of rotatable bonds is 6. The molecule has 7 nitrogen and oxygen atoms in total. The summed E-state index contributed by atoms with van der Waals surface area (Å²) in [4.78, 5) is 51.2. The number of amides is 4. The molecule has 4 amide bonds. The maximum Gasteiger partial charge on any atom is 0.254 e. The molecule has 2 saturated heterocycles. The highest BCUT2D eigenvalue weighted by atomic mass is 79.9. The summed E-state index contributed by atoms with van der Waals surface area (Å²) in [6, 6.07) is 6.61. The molecule has 2 aliphatic heterocycles. The fraction of sp³-hybridized carbons (Fsp3) is 0.474. The number of nitrogens with one attached hydrogen (secondary N) is 1. The number of halogens is 1. The van der Waals surface area contributed by atoms with Crippen molar-refractivity contribution in [1.29, 1.82) is 0 Å². The Bertz CT molecular complexity index is 734. The molecular weight excluding hydrogens is 414 g/mol. The second-order valence-electron chi connectivity index (χ2n) is 6.75. The molecule has 3 rings (SSSR count). The van der Waals surface area contributed by atoms with E-state index in [9.17, 15) is 19.2 Å². The van der Waals surface area contributed by atoms with Crippen molar-refractivity contribution >= 4 is 39.6 Å².